The predicted molar refractivity (Wildman–Crippen MR) is 157 cm³/mol. The smallest absolute Gasteiger partial charge is 0.242 e. The summed E-state index contributed by atoms with van der Waals surface area (Å²) in [7, 11) is -0.600. The van der Waals surface area contributed by atoms with Crippen LogP contribution < -0.4 is 14.4 Å². The highest BCUT2D eigenvalue weighted by Gasteiger charge is 2.30. The van der Waals surface area contributed by atoms with E-state index >= 15 is 0 Å². The maximum atomic E-state index is 13.7. The minimum atomic E-state index is -3.64. The summed E-state index contributed by atoms with van der Waals surface area (Å²) in [6.45, 7) is 0.319. The van der Waals surface area contributed by atoms with E-state index < -0.39 is 16.1 Å². The summed E-state index contributed by atoms with van der Waals surface area (Å²) in [4.78, 5) is 28.3. The highest BCUT2D eigenvalue weighted by Crippen LogP contribution is 2.30. The second-order valence-corrected chi connectivity index (χ2v) is 11.9. The number of para-hydroxylation sites is 2. The topological polar surface area (TPSA) is 96.0 Å². The number of nitrogens with zero attached hydrogens (tertiary/aromatic N) is 2. The fourth-order valence-corrected chi connectivity index (χ4v) is 5.56. The number of halogens is 1. The number of carbonyl (C=O) groups is 2. The zero-order valence-electron chi connectivity index (χ0n) is 22.3. The largest absolute Gasteiger partial charge is 0.495 e. The van der Waals surface area contributed by atoms with E-state index in [1.165, 1.54) is 11.4 Å². The molecule has 1 unspecified atom stereocenters. The maximum Gasteiger partial charge on any atom is 0.242 e. The molecule has 1 atom stereocenters. The molecule has 1 N–H and O–H groups in total. The van der Waals surface area contributed by atoms with Crippen molar-refractivity contribution in [2.24, 2.45) is 0 Å². The van der Waals surface area contributed by atoms with Crippen LogP contribution in [0.15, 0.2) is 83.3 Å². The zero-order chi connectivity index (χ0) is 28.4. The van der Waals surface area contributed by atoms with Gasteiger partial charge in [0.15, 0.2) is 0 Å². The van der Waals surface area contributed by atoms with Gasteiger partial charge in [-0.3, -0.25) is 13.9 Å². The van der Waals surface area contributed by atoms with Gasteiger partial charge in [0.05, 0.1) is 19.1 Å². The molecule has 0 heterocycles. The molecular weight excluding hydrogens is 582 g/mol. The third kappa shape index (κ3) is 8.56. The van der Waals surface area contributed by atoms with Gasteiger partial charge >= 0.3 is 0 Å². The fraction of sp³-hybridized carbons (Fsp3) is 0.310. The van der Waals surface area contributed by atoms with Gasteiger partial charge in [0, 0.05) is 37.5 Å². The summed E-state index contributed by atoms with van der Waals surface area (Å²) in [6.07, 6.45) is 1.79. The standard InChI is InChI=1S/C29H34BrN3O5S/c1-31-29(35)26(20-22-10-5-4-6-11-22)32(21-23-15-17-24(30)18-16-23)28(34)14-9-19-33(39(3,36)37)25-12-7-8-13-27(25)38-2/h4-8,10-13,15-18,26H,9,14,19-21H2,1-3H3,(H,31,35). The number of rotatable bonds is 13. The molecule has 0 fully saturated rings. The molecule has 2 amide bonds. The second kappa shape index (κ2) is 14.1. The highest BCUT2D eigenvalue weighted by atomic mass is 79.9. The van der Waals surface area contributed by atoms with Gasteiger partial charge in [-0.1, -0.05) is 70.5 Å². The first-order valence-corrected chi connectivity index (χ1v) is 15.2. The predicted octanol–water partition coefficient (Wildman–Crippen LogP) is 4.39. The van der Waals surface area contributed by atoms with Gasteiger partial charge in [-0.15, -0.1) is 0 Å². The molecule has 0 radical (unpaired) electrons. The number of sulfonamides is 1. The Balaban J connectivity index is 1.85. The van der Waals surface area contributed by atoms with Gasteiger partial charge in [0.25, 0.3) is 0 Å². The Morgan fingerprint density at radius 1 is 0.949 bits per heavy atom. The molecule has 3 aromatic rings. The molecule has 0 aliphatic heterocycles. The number of ether oxygens (including phenoxy) is 1. The number of amides is 2. The van der Waals surface area contributed by atoms with E-state index in [4.69, 9.17) is 4.74 Å². The molecule has 208 valence electrons. The Morgan fingerprint density at radius 2 is 1.59 bits per heavy atom. The van der Waals surface area contributed by atoms with Crippen molar-refractivity contribution >= 4 is 43.5 Å². The monoisotopic (exact) mass is 615 g/mol. The molecule has 0 saturated carbocycles. The molecule has 3 rings (SSSR count). The quantitative estimate of drug-likeness (QED) is 0.308. The average Bonchev–Trinajstić information content (AvgIpc) is 2.93. The summed E-state index contributed by atoms with van der Waals surface area (Å²) in [5.41, 5.74) is 2.22. The van der Waals surface area contributed by atoms with Gasteiger partial charge < -0.3 is 15.0 Å². The number of hydrogen-bond acceptors (Lipinski definition) is 5. The molecule has 0 aliphatic carbocycles. The van der Waals surface area contributed by atoms with E-state index in [1.54, 1.807) is 36.2 Å². The Kier molecular flexibility index (Phi) is 10.9. The van der Waals surface area contributed by atoms with E-state index in [2.05, 4.69) is 21.2 Å². The minimum Gasteiger partial charge on any atom is -0.495 e. The van der Waals surface area contributed by atoms with Crippen LogP contribution in [0.3, 0.4) is 0 Å². The Morgan fingerprint density at radius 3 is 2.21 bits per heavy atom. The minimum absolute atomic E-state index is 0.0555. The normalized spacial score (nSPS) is 11.9. The Labute approximate surface area is 239 Å². The summed E-state index contributed by atoms with van der Waals surface area (Å²) in [5, 5.41) is 2.70. The van der Waals surface area contributed by atoms with Crippen LogP contribution in [-0.4, -0.2) is 58.1 Å². The van der Waals surface area contributed by atoms with Crippen LogP contribution in [0.2, 0.25) is 0 Å². The average molecular weight is 617 g/mol. The van der Waals surface area contributed by atoms with Crippen LogP contribution in [-0.2, 0) is 32.6 Å². The van der Waals surface area contributed by atoms with Crippen molar-refractivity contribution in [1.29, 1.82) is 0 Å². The van der Waals surface area contributed by atoms with Crippen molar-refractivity contribution in [2.45, 2.75) is 31.8 Å². The zero-order valence-corrected chi connectivity index (χ0v) is 24.7. The maximum absolute atomic E-state index is 13.7. The Bertz CT molecular complexity index is 1350. The van der Waals surface area contributed by atoms with Crippen LogP contribution in [0.4, 0.5) is 5.69 Å². The molecular formula is C29H34BrN3O5S. The lowest BCUT2D eigenvalue weighted by Gasteiger charge is -2.31. The number of hydrogen-bond donors (Lipinski definition) is 1. The summed E-state index contributed by atoms with van der Waals surface area (Å²) >= 11 is 3.43. The van der Waals surface area contributed by atoms with Crippen LogP contribution in [0.5, 0.6) is 5.75 Å². The number of benzene rings is 3. The van der Waals surface area contributed by atoms with E-state index in [9.17, 15) is 18.0 Å². The van der Waals surface area contributed by atoms with Crippen molar-refractivity contribution < 1.29 is 22.7 Å². The molecule has 10 heteroatoms. The molecule has 0 bridgehead atoms. The lowest BCUT2D eigenvalue weighted by atomic mass is 10.0. The van der Waals surface area contributed by atoms with E-state index in [0.717, 1.165) is 21.9 Å². The molecule has 0 aliphatic rings. The Hall–Kier alpha value is -3.37. The van der Waals surface area contributed by atoms with Gasteiger partial charge in [-0.05, 0) is 41.8 Å². The molecule has 0 aromatic heterocycles. The van der Waals surface area contributed by atoms with Crippen molar-refractivity contribution in [2.75, 3.05) is 31.3 Å². The molecule has 0 saturated heterocycles. The van der Waals surface area contributed by atoms with E-state index in [-0.39, 0.29) is 37.7 Å². The van der Waals surface area contributed by atoms with Crippen LogP contribution in [0.1, 0.15) is 24.0 Å². The lowest BCUT2D eigenvalue weighted by Crippen LogP contribution is -2.49. The number of nitrogens with one attached hydrogen (secondary N) is 1. The van der Waals surface area contributed by atoms with E-state index in [0.29, 0.717) is 17.9 Å². The SMILES string of the molecule is CNC(=O)C(Cc1ccccc1)N(Cc1ccc(Br)cc1)C(=O)CCCN(c1ccccc1OC)S(C)(=O)=O. The summed E-state index contributed by atoms with van der Waals surface area (Å²) in [5.74, 6) is -0.0827. The highest BCUT2D eigenvalue weighted by molar-refractivity contribution is 9.10. The van der Waals surface area contributed by atoms with Crippen molar-refractivity contribution in [3.8, 4) is 5.75 Å². The van der Waals surface area contributed by atoms with Crippen LogP contribution in [0, 0.1) is 0 Å². The van der Waals surface area contributed by atoms with Gasteiger partial charge in [0.1, 0.15) is 11.8 Å². The van der Waals surface area contributed by atoms with E-state index in [1.807, 2.05) is 54.6 Å². The fourth-order valence-electron chi connectivity index (χ4n) is 4.33. The van der Waals surface area contributed by atoms with Gasteiger partial charge in [-0.25, -0.2) is 8.42 Å². The van der Waals surface area contributed by atoms with Gasteiger partial charge in [-0.2, -0.15) is 0 Å². The number of likely N-dealkylation sites (N-methyl/N-ethyl adjacent to an activating group) is 1. The first-order chi connectivity index (χ1) is 18.6. The second-order valence-electron chi connectivity index (χ2n) is 9.08. The van der Waals surface area contributed by atoms with Crippen LogP contribution >= 0.6 is 15.9 Å². The first-order valence-electron chi connectivity index (χ1n) is 12.5. The summed E-state index contributed by atoms with van der Waals surface area (Å²) in [6, 6.07) is 23.3. The summed E-state index contributed by atoms with van der Waals surface area (Å²) < 4.78 is 32.8. The van der Waals surface area contributed by atoms with Crippen molar-refractivity contribution in [3.63, 3.8) is 0 Å². The molecule has 8 nitrogen and oxygen atoms in total. The molecule has 0 spiro atoms. The third-order valence-corrected chi connectivity index (χ3v) is 8.00. The first kappa shape index (κ1) is 30.2. The molecule has 39 heavy (non-hydrogen) atoms. The lowest BCUT2D eigenvalue weighted by molar-refractivity contribution is -0.141. The number of carbonyl (C=O) groups excluding carboxylic acids is 2. The third-order valence-electron chi connectivity index (χ3n) is 6.29. The van der Waals surface area contributed by atoms with Crippen LogP contribution in [0.25, 0.3) is 0 Å². The number of anilines is 1. The van der Waals surface area contributed by atoms with Crippen molar-refractivity contribution in [1.82, 2.24) is 10.2 Å². The van der Waals surface area contributed by atoms with Crippen molar-refractivity contribution in [3.05, 3.63) is 94.5 Å². The van der Waals surface area contributed by atoms with Gasteiger partial charge in [0.2, 0.25) is 21.8 Å². The molecule has 3 aromatic carbocycles. The number of methoxy groups -OCH3 is 1.